The number of fused-ring (bicyclic) bond motifs is 1. The van der Waals surface area contributed by atoms with Gasteiger partial charge in [0.05, 0.1) is 23.6 Å². The zero-order chi connectivity index (χ0) is 17.1. The number of hydrogen-bond acceptors (Lipinski definition) is 5. The number of hydrogen-bond donors (Lipinski definition) is 3. The van der Waals surface area contributed by atoms with Crippen LogP contribution in [0, 0.1) is 0 Å². The van der Waals surface area contributed by atoms with Crippen molar-refractivity contribution in [1.82, 2.24) is 15.1 Å². The molecule has 1 amide bonds. The molecule has 3 N–H and O–H groups in total. The van der Waals surface area contributed by atoms with Crippen LogP contribution in [-0.4, -0.2) is 27.3 Å². The molecule has 2 heterocycles. The summed E-state index contributed by atoms with van der Waals surface area (Å²) in [6, 6.07) is 9.58. The van der Waals surface area contributed by atoms with E-state index < -0.39 is 23.1 Å². The summed E-state index contributed by atoms with van der Waals surface area (Å²) in [5.74, 6) is -0.194. The Labute approximate surface area is 135 Å². The molecule has 0 aliphatic heterocycles. The van der Waals surface area contributed by atoms with E-state index in [2.05, 4.69) is 10.4 Å². The summed E-state index contributed by atoms with van der Waals surface area (Å²) < 4.78 is 5.97. The molecule has 0 bridgehead atoms. The highest BCUT2D eigenvalue weighted by Gasteiger charge is 2.13. The number of aromatic nitrogens is 2. The molecular weight excluding hydrogens is 314 g/mol. The molecule has 3 aromatic rings. The third-order valence-electron chi connectivity index (χ3n) is 3.55. The number of nitrogens with zero attached hydrogens (tertiary/aromatic N) is 1. The number of carbonyl (C=O) groups is 1. The van der Waals surface area contributed by atoms with Crippen molar-refractivity contribution in [2.75, 3.05) is 6.54 Å². The van der Waals surface area contributed by atoms with Crippen molar-refractivity contribution in [2.24, 2.45) is 0 Å². The Morgan fingerprint density at radius 1 is 1.21 bits per heavy atom. The van der Waals surface area contributed by atoms with E-state index in [-0.39, 0.29) is 23.9 Å². The summed E-state index contributed by atoms with van der Waals surface area (Å²) in [5.41, 5.74) is -0.916. The normalized spacial score (nSPS) is 12.2. The number of amides is 1. The molecule has 0 radical (unpaired) electrons. The number of carbonyl (C=O) groups excluding carboxylic acids is 1. The highest BCUT2D eigenvalue weighted by atomic mass is 16.4. The minimum absolute atomic E-state index is 0.0705. The molecule has 0 aliphatic rings. The summed E-state index contributed by atoms with van der Waals surface area (Å²) in [7, 11) is 0. The topological polar surface area (TPSA) is 117 Å². The molecule has 1 aromatic carbocycles. The van der Waals surface area contributed by atoms with Gasteiger partial charge < -0.3 is 14.8 Å². The largest absolute Gasteiger partial charge is 0.467 e. The number of aliphatic hydroxyl groups excluding tert-OH is 1. The fourth-order valence-corrected chi connectivity index (χ4v) is 2.35. The van der Waals surface area contributed by atoms with Crippen LogP contribution in [0.1, 0.15) is 11.9 Å². The second-order valence-corrected chi connectivity index (χ2v) is 5.21. The summed E-state index contributed by atoms with van der Waals surface area (Å²) >= 11 is 0. The Morgan fingerprint density at radius 3 is 2.67 bits per heavy atom. The van der Waals surface area contributed by atoms with E-state index in [0.717, 1.165) is 4.68 Å². The van der Waals surface area contributed by atoms with Crippen LogP contribution in [0.2, 0.25) is 0 Å². The zero-order valence-electron chi connectivity index (χ0n) is 12.6. The first kappa shape index (κ1) is 15.8. The predicted molar refractivity (Wildman–Crippen MR) is 85.5 cm³/mol. The summed E-state index contributed by atoms with van der Waals surface area (Å²) in [5, 5.41) is 15.2. The fourth-order valence-electron chi connectivity index (χ4n) is 2.35. The van der Waals surface area contributed by atoms with Crippen LogP contribution in [0.3, 0.4) is 0 Å². The van der Waals surface area contributed by atoms with Gasteiger partial charge in [-0.2, -0.15) is 0 Å². The lowest BCUT2D eigenvalue weighted by Crippen LogP contribution is -2.37. The average Bonchev–Trinajstić information content (AvgIpc) is 3.12. The predicted octanol–water partition coefficient (Wildman–Crippen LogP) is 0.133. The third kappa shape index (κ3) is 3.13. The highest BCUT2D eigenvalue weighted by molar-refractivity contribution is 5.81. The lowest BCUT2D eigenvalue weighted by molar-refractivity contribution is -0.122. The molecule has 8 heteroatoms. The molecule has 0 spiro atoms. The van der Waals surface area contributed by atoms with E-state index in [1.807, 2.05) is 0 Å². The Kier molecular flexibility index (Phi) is 4.30. The average molecular weight is 329 g/mol. The highest BCUT2D eigenvalue weighted by Crippen LogP contribution is 2.11. The smallest absolute Gasteiger partial charge is 0.273 e. The fraction of sp³-hybridized carbons (Fsp3) is 0.188. The Hall–Kier alpha value is -3.13. The quantitative estimate of drug-likeness (QED) is 0.615. The molecule has 24 heavy (non-hydrogen) atoms. The molecule has 2 aromatic heterocycles. The Bertz CT molecular complexity index is 971. The third-order valence-corrected chi connectivity index (χ3v) is 3.55. The number of nitrogens with one attached hydrogen (secondary N) is 2. The Morgan fingerprint density at radius 2 is 1.96 bits per heavy atom. The second kappa shape index (κ2) is 6.55. The van der Waals surface area contributed by atoms with E-state index in [0.29, 0.717) is 5.76 Å². The van der Waals surface area contributed by atoms with Crippen LogP contribution in [0.15, 0.2) is 56.7 Å². The van der Waals surface area contributed by atoms with E-state index in [9.17, 15) is 19.5 Å². The van der Waals surface area contributed by atoms with Gasteiger partial charge in [-0.15, -0.1) is 0 Å². The molecule has 3 rings (SSSR count). The van der Waals surface area contributed by atoms with Crippen LogP contribution >= 0.6 is 0 Å². The SMILES string of the molecule is O=C(Cn1[nH]c(=O)c2ccccc2c1=O)NCC(O)c1ccco1. The molecule has 0 fully saturated rings. The number of H-pyrrole nitrogens is 1. The van der Waals surface area contributed by atoms with Crippen LogP contribution in [0.25, 0.3) is 10.8 Å². The molecular formula is C16H15N3O5. The summed E-state index contributed by atoms with van der Waals surface area (Å²) in [6.07, 6.45) is 0.427. The van der Waals surface area contributed by atoms with Crippen molar-refractivity contribution in [3.8, 4) is 0 Å². The lowest BCUT2D eigenvalue weighted by atomic mass is 10.2. The zero-order valence-corrected chi connectivity index (χ0v) is 12.6. The van der Waals surface area contributed by atoms with E-state index in [1.165, 1.54) is 12.3 Å². The minimum Gasteiger partial charge on any atom is -0.467 e. The summed E-state index contributed by atoms with van der Waals surface area (Å²) in [4.78, 5) is 36.2. The minimum atomic E-state index is -0.990. The monoisotopic (exact) mass is 329 g/mol. The lowest BCUT2D eigenvalue weighted by Gasteiger charge is -2.11. The molecule has 1 unspecified atom stereocenters. The number of aromatic amines is 1. The van der Waals surface area contributed by atoms with Crippen molar-refractivity contribution < 1.29 is 14.3 Å². The number of furan rings is 1. The van der Waals surface area contributed by atoms with Gasteiger partial charge in [0.1, 0.15) is 18.4 Å². The van der Waals surface area contributed by atoms with Crippen molar-refractivity contribution in [3.63, 3.8) is 0 Å². The maximum absolute atomic E-state index is 12.3. The first-order valence-corrected chi connectivity index (χ1v) is 7.26. The molecule has 1 atom stereocenters. The van der Waals surface area contributed by atoms with Crippen molar-refractivity contribution in [3.05, 3.63) is 69.1 Å². The maximum atomic E-state index is 12.3. The van der Waals surface area contributed by atoms with E-state index >= 15 is 0 Å². The van der Waals surface area contributed by atoms with Crippen molar-refractivity contribution in [1.29, 1.82) is 0 Å². The molecule has 0 saturated carbocycles. The van der Waals surface area contributed by atoms with Gasteiger partial charge in [0.25, 0.3) is 11.1 Å². The van der Waals surface area contributed by atoms with Crippen LogP contribution < -0.4 is 16.4 Å². The van der Waals surface area contributed by atoms with Crippen molar-refractivity contribution in [2.45, 2.75) is 12.6 Å². The van der Waals surface area contributed by atoms with Gasteiger partial charge >= 0.3 is 0 Å². The first-order chi connectivity index (χ1) is 11.6. The number of rotatable bonds is 5. The van der Waals surface area contributed by atoms with Crippen LogP contribution in [0.5, 0.6) is 0 Å². The van der Waals surface area contributed by atoms with Gasteiger partial charge in [-0.05, 0) is 24.3 Å². The molecule has 0 aliphatic carbocycles. The Balaban J connectivity index is 1.73. The molecule has 124 valence electrons. The maximum Gasteiger partial charge on any atom is 0.273 e. The van der Waals surface area contributed by atoms with E-state index in [1.54, 1.807) is 30.3 Å². The first-order valence-electron chi connectivity index (χ1n) is 7.26. The van der Waals surface area contributed by atoms with Gasteiger partial charge in [0.15, 0.2) is 0 Å². The van der Waals surface area contributed by atoms with Crippen LogP contribution in [0.4, 0.5) is 0 Å². The van der Waals surface area contributed by atoms with Gasteiger partial charge in [0.2, 0.25) is 5.91 Å². The van der Waals surface area contributed by atoms with Gasteiger partial charge in [-0.3, -0.25) is 19.5 Å². The summed E-state index contributed by atoms with van der Waals surface area (Å²) in [6.45, 7) is -0.428. The molecule has 8 nitrogen and oxygen atoms in total. The second-order valence-electron chi connectivity index (χ2n) is 5.21. The number of aliphatic hydroxyl groups is 1. The van der Waals surface area contributed by atoms with Gasteiger partial charge in [-0.1, -0.05) is 12.1 Å². The molecule has 0 saturated heterocycles. The van der Waals surface area contributed by atoms with Gasteiger partial charge in [0, 0.05) is 0 Å². The standard InChI is InChI=1S/C16H15N3O5/c20-12(13-6-3-7-24-13)8-17-14(21)9-19-16(23)11-5-2-1-4-10(11)15(22)18-19/h1-7,12,20H,8-9H2,(H,17,21)(H,18,22). The van der Waals surface area contributed by atoms with Crippen LogP contribution in [-0.2, 0) is 11.3 Å². The van der Waals surface area contributed by atoms with E-state index in [4.69, 9.17) is 4.42 Å². The number of benzene rings is 1. The van der Waals surface area contributed by atoms with Crippen molar-refractivity contribution >= 4 is 16.7 Å². The van der Waals surface area contributed by atoms with Gasteiger partial charge in [-0.25, -0.2) is 4.68 Å².